The topological polar surface area (TPSA) is 30.2 Å². The molecule has 0 unspecified atom stereocenters. The SMILES string of the molecule is O=c1ccc2c(-c3ccccc3)cccc2o1. The van der Waals surface area contributed by atoms with Crippen molar-refractivity contribution >= 4 is 11.0 Å². The largest absolute Gasteiger partial charge is 0.423 e. The van der Waals surface area contributed by atoms with Crippen LogP contribution >= 0.6 is 0 Å². The van der Waals surface area contributed by atoms with E-state index in [1.54, 1.807) is 0 Å². The molecule has 1 heterocycles. The maximum Gasteiger partial charge on any atom is 0.336 e. The summed E-state index contributed by atoms with van der Waals surface area (Å²) in [4.78, 5) is 11.2. The third-order valence-corrected chi connectivity index (χ3v) is 2.75. The molecule has 3 rings (SSSR count). The highest BCUT2D eigenvalue weighted by molar-refractivity contribution is 5.93. The molecule has 2 nitrogen and oxygen atoms in total. The molecule has 0 aliphatic carbocycles. The first-order valence-corrected chi connectivity index (χ1v) is 5.43. The summed E-state index contributed by atoms with van der Waals surface area (Å²) in [6.45, 7) is 0. The average molecular weight is 222 g/mol. The Bertz CT molecular complexity index is 712. The van der Waals surface area contributed by atoms with Crippen molar-refractivity contribution in [3.8, 4) is 11.1 Å². The Balaban J connectivity index is 2.34. The maximum absolute atomic E-state index is 11.2. The molecule has 0 saturated carbocycles. The van der Waals surface area contributed by atoms with Crippen LogP contribution in [-0.2, 0) is 0 Å². The first kappa shape index (κ1) is 9.85. The maximum atomic E-state index is 11.2. The van der Waals surface area contributed by atoms with Crippen LogP contribution < -0.4 is 5.63 Å². The summed E-state index contributed by atoms with van der Waals surface area (Å²) >= 11 is 0. The van der Waals surface area contributed by atoms with Crippen LogP contribution in [0.1, 0.15) is 0 Å². The first-order valence-electron chi connectivity index (χ1n) is 5.43. The standard InChI is InChI=1S/C15H10O2/c16-15-10-9-13-12(7-4-8-14(13)17-15)11-5-2-1-3-6-11/h1-10H. The van der Waals surface area contributed by atoms with Crippen LogP contribution in [0.2, 0.25) is 0 Å². The van der Waals surface area contributed by atoms with Crippen molar-refractivity contribution in [2.45, 2.75) is 0 Å². The van der Waals surface area contributed by atoms with Gasteiger partial charge in [0.05, 0.1) is 0 Å². The van der Waals surface area contributed by atoms with Gasteiger partial charge in [0.2, 0.25) is 0 Å². The molecule has 0 atom stereocenters. The summed E-state index contributed by atoms with van der Waals surface area (Å²) in [5, 5.41) is 0.957. The zero-order valence-electron chi connectivity index (χ0n) is 9.09. The van der Waals surface area contributed by atoms with Gasteiger partial charge in [0, 0.05) is 11.5 Å². The van der Waals surface area contributed by atoms with Crippen molar-refractivity contribution in [3.05, 3.63) is 71.1 Å². The number of hydrogen-bond donors (Lipinski definition) is 0. The minimum atomic E-state index is -0.317. The minimum absolute atomic E-state index is 0.317. The van der Waals surface area contributed by atoms with E-state index in [1.807, 2.05) is 54.6 Å². The molecular weight excluding hydrogens is 212 g/mol. The molecule has 0 spiro atoms. The fourth-order valence-electron chi connectivity index (χ4n) is 1.97. The van der Waals surface area contributed by atoms with Crippen LogP contribution in [0.15, 0.2) is 69.9 Å². The van der Waals surface area contributed by atoms with Gasteiger partial charge >= 0.3 is 5.63 Å². The predicted molar refractivity (Wildman–Crippen MR) is 67.9 cm³/mol. The van der Waals surface area contributed by atoms with Gasteiger partial charge in [-0.2, -0.15) is 0 Å². The van der Waals surface area contributed by atoms with E-state index < -0.39 is 0 Å². The monoisotopic (exact) mass is 222 g/mol. The number of benzene rings is 2. The fourth-order valence-corrected chi connectivity index (χ4v) is 1.97. The molecule has 0 radical (unpaired) electrons. The molecule has 0 amide bonds. The van der Waals surface area contributed by atoms with Crippen LogP contribution in [0, 0.1) is 0 Å². The van der Waals surface area contributed by atoms with Gasteiger partial charge in [0.15, 0.2) is 0 Å². The molecule has 17 heavy (non-hydrogen) atoms. The van der Waals surface area contributed by atoms with Gasteiger partial charge in [0.25, 0.3) is 0 Å². The summed E-state index contributed by atoms with van der Waals surface area (Å²) in [7, 11) is 0. The smallest absolute Gasteiger partial charge is 0.336 e. The molecule has 1 aromatic heterocycles. The molecule has 0 bridgehead atoms. The lowest BCUT2D eigenvalue weighted by atomic mass is 10.0. The summed E-state index contributed by atoms with van der Waals surface area (Å²) in [6.07, 6.45) is 0. The van der Waals surface area contributed by atoms with Crippen LogP contribution in [0.4, 0.5) is 0 Å². The second kappa shape index (κ2) is 3.91. The van der Waals surface area contributed by atoms with E-state index in [4.69, 9.17) is 4.42 Å². The van der Waals surface area contributed by atoms with Crippen LogP contribution in [0.25, 0.3) is 22.1 Å². The Morgan fingerprint density at radius 2 is 1.59 bits per heavy atom. The van der Waals surface area contributed by atoms with Gasteiger partial charge in [-0.05, 0) is 23.3 Å². The number of fused-ring (bicyclic) bond motifs is 1. The molecular formula is C15H10O2. The Hall–Kier alpha value is -2.35. The van der Waals surface area contributed by atoms with E-state index in [0.717, 1.165) is 16.5 Å². The Morgan fingerprint density at radius 3 is 2.41 bits per heavy atom. The zero-order valence-corrected chi connectivity index (χ0v) is 9.09. The van der Waals surface area contributed by atoms with Gasteiger partial charge in [-0.1, -0.05) is 42.5 Å². The highest BCUT2D eigenvalue weighted by Gasteiger charge is 2.04. The second-order valence-corrected chi connectivity index (χ2v) is 3.84. The van der Waals surface area contributed by atoms with Gasteiger partial charge in [-0.25, -0.2) is 4.79 Å². The van der Waals surface area contributed by atoms with Crippen molar-refractivity contribution in [1.82, 2.24) is 0 Å². The van der Waals surface area contributed by atoms with Crippen LogP contribution in [0.3, 0.4) is 0 Å². The molecule has 0 aliphatic heterocycles. The third-order valence-electron chi connectivity index (χ3n) is 2.75. The summed E-state index contributed by atoms with van der Waals surface area (Å²) in [5.74, 6) is 0. The van der Waals surface area contributed by atoms with E-state index in [2.05, 4.69) is 0 Å². The van der Waals surface area contributed by atoms with Crippen LogP contribution in [0.5, 0.6) is 0 Å². The molecule has 0 N–H and O–H groups in total. The molecule has 3 aromatic rings. The Morgan fingerprint density at radius 1 is 0.765 bits per heavy atom. The average Bonchev–Trinajstić information content (AvgIpc) is 2.39. The third kappa shape index (κ3) is 1.74. The minimum Gasteiger partial charge on any atom is -0.423 e. The van der Waals surface area contributed by atoms with E-state index >= 15 is 0 Å². The van der Waals surface area contributed by atoms with Gasteiger partial charge in [-0.15, -0.1) is 0 Å². The van der Waals surface area contributed by atoms with Gasteiger partial charge in [0.1, 0.15) is 5.58 Å². The molecule has 0 fully saturated rings. The summed E-state index contributed by atoms with van der Waals surface area (Å²) in [5.41, 5.74) is 2.50. The summed E-state index contributed by atoms with van der Waals surface area (Å²) < 4.78 is 5.17. The Kier molecular flexibility index (Phi) is 2.26. The first-order chi connectivity index (χ1) is 8.34. The van der Waals surface area contributed by atoms with Crippen molar-refractivity contribution in [1.29, 1.82) is 0 Å². The lowest BCUT2D eigenvalue weighted by Crippen LogP contribution is -1.94. The lowest BCUT2D eigenvalue weighted by Gasteiger charge is -2.04. The molecule has 2 heteroatoms. The molecule has 82 valence electrons. The number of rotatable bonds is 1. The van der Waals surface area contributed by atoms with Gasteiger partial charge < -0.3 is 4.42 Å². The van der Waals surface area contributed by atoms with Crippen molar-refractivity contribution in [2.75, 3.05) is 0 Å². The van der Waals surface area contributed by atoms with Gasteiger partial charge in [-0.3, -0.25) is 0 Å². The lowest BCUT2D eigenvalue weighted by molar-refractivity contribution is 0.561. The van der Waals surface area contributed by atoms with E-state index in [9.17, 15) is 4.79 Å². The zero-order chi connectivity index (χ0) is 11.7. The number of hydrogen-bond acceptors (Lipinski definition) is 2. The molecule has 0 aliphatic rings. The van der Waals surface area contributed by atoms with Crippen molar-refractivity contribution < 1.29 is 4.42 Å². The predicted octanol–water partition coefficient (Wildman–Crippen LogP) is 3.46. The second-order valence-electron chi connectivity index (χ2n) is 3.84. The highest BCUT2D eigenvalue weighted by Crippen LogP contribution is 2.27. The van der Waals surface area contributed by atoms with Crippen molar-refractivity contribution in [3.63, 3.8) is 0 Å². The normalized spacial score (nSPS) is 10.6. The fraction of sp³-hybridized carbons (Fsp3) is 0. The van der Waals surface area contributed by atoms with E-state index in [0.29, 0.717) is 5.58 Å². The Labute approximate surface area is 98.1 Å². The van der Waals surface area contributed by atoms with Crippen molar-refractivity contribution in [2.24, 2.45) is 0 Å². The molecule has 2 aromatic carbocycles. The molecule has 0 saturated heterocycles. The quantitative estimate of drug-likeness (QED) is 0.590. The highest BCUT2D eigenvalue weighted by atomic mass is 16.4. The van der Waals surface area contributed by atoms with E-state index in [1.165, 1.54) is 6.07 Å². The van der Waals surface area contributed by atoms with E-state index in [-0.39, 0.29) is 5.63 Å². The van der Waals surface area contributed by atoms with Crippen LogP contribution in [-0.4, -0.2) is 0 Å². The summed E-state index contributed by atoms with van der Waals surface area (Å²) in [6, 6.07) is 19.0.